The van der Waals surface area contributed by atoms with Crippen LogP contribution >= 0.6 is 11.6 Å². The van der Waals surface area contributed by atoms with E-state index in [1.807, 2.05) is 44.2 Å². The molecular formula is C17H23ClN4O3. The Kier molecular flexibility index (Phi) is 6.39. The number of hydrogen-bond acceptors (Lipinski definition) is 4. The van der Waals surface area contributed by atoms with Crippen LogP contribution in [0.3, 0.4) is 0 Å². The van der Waals surface area contributed by atoms with E-state index in [0.29, 0.717) is 6.54 Å². The predicted octanol–water partition coefficient (Wildman–Crippen LogP) is 1.12. The molecule has 1 fully saturated rings. The third-order valence-corrected chi connectivity index (χ3v) is 4.20. The summed E-state index contributed by atoms with van der Waals surface area (Å²) < 4.78 is 0. The van der Waals surface area contributed by atoms with Gasteiger partial charge >= 0.3 is 6.03 Å². The fourth-order valence-electron chi connectivity index (χ4n) is 2.84. The van der Waals surface area contributed by atoms with Gasteiger partial charge in [0.1, 0.15) is 18.1 Å². The summed E-state index contributed by atoms with van der Waals surface area (Å²) in [6.07, 6.45) is -0.952. The molecule has 2 rings (SSSR count). The van der Waals surface area contributed by atoms with Gasteiger partial charge in [-0.15, -0.1) is 11.6 Å². The number of halogens is 1. The molecule has 0 spiro atoms. The first-order valence-electron chi connectivity index (χ1n) is 8.11. The summed E-state index contributed by atoms with van der Waals surface area (Å²) >= 11 is 5.70. The second kappa shape index (κ2) is 8.31. The summed E-state index contributed by atoms with van der Waals surface area (Å²) in [5.41, 5.74) is 7.10. The van der Waals surface area contributed by atoms with Crippen LogP contribution in [0.25, 0.3) is 0 Å². The fourth-order valence-corrected chi connectivity index (χ4v) is 2.99. The van der Waals surface area contributed by atoms with Crippen LogP contribution in [-0.2, 0) is 16.1 Å². The Morgan fingerprint density at radius 3 is 2.52 bits per heavy atom. The van der Waals surface area contributed by atoms with Crippen LogP contribution in [0.4, 0.5) is 4.79 Å². The van der Waals surface area contributed by atoms with E-state index in [-0.39, 0.29) is 24.2 Å². The smallest absolute Gasteiger partial charge is 0.325 e. The molecule has 1 saturated heterocycles. The van der Waals surface area contributed by atoms with E-state index in [4.69, 9.17) is 17.3 Å². The summed E-state index contributed by atoms with van der Waals surface area (Å²) in [5.74, 6) is -1.11. The molecule has 4 amide bonds. The van der Waals surface area contributed by atoms with Crippen molar-refractivity contribution in [2.24, 2.45) is 11.7 Å². The number of rotatable bonds is 6. The number of urea groups is 1. The van der Waals surface area contributed by atoms with Gasteiger partial charge in [0.05, 0.1) is 0 Å². The van der Waals surface area contributed by atoms with Crippen molar-refractivity contribution in [1.82, 2.24) is 15.1 Å². The normalized spacial score (nSPS) is 20.6. The van der Waals surface area contributed by atoms with E-state index in [9.17, 15) is 14.4 Å². The van der Waals surface area contributed by atoms with Crippen LogP contribution in [0.1, 0.15) is 19.4 Å². The fraction of sp³-hybridized carbons (Fsp3) is 0.471. The first-order valence-corrected chi connectivity index (χ1v) is 8.65. The van der Waals surface area contributed by atoms with Gasteiger partial charge in [-0.05, 0) is 11.5 Å². The minimum atomic E-state index is -0.977. The van der Waals surface area contributed by atoms with Crippen LogP contribution in [0, 0.1) is 5.92 Å². The number of alkyl halides is 1. The highest BCUT2D eigenvalue weighted by atomic mass is 35.5. The van der Waals surface area contributed by atoms with Crippen molar-refractivity contribution < 1.29 is 14.4 Å². The molecule has 0 radical (unpaired) electrons. The maximum Gasteiger partial charge on any atom is 0.325 e. The molecule has 2 unspecified atom stereocenters. The Morgan fingerprint density at radius 1 is 1.32 bits per heavy atom. The monoisotopic (exact) mass is 366 g/mol. The van der Waals surface area contributed by atoms with Gasteiger partial charge in [0.2, 0.25) is 5.91 Å². The van der Waals surface area contributed by atoms with Gasteiger partial charge in [0.15, 0.2) is 0 Å². The zero-order valence-electron chi connectivity index (χ0n) is 14.3. The number of carbonyl (C=O) groups excluding carboxylic acids is 3. The predicted molar refractivity (Wildman–Crippen MR) is 94.6 cm³/mol. The minimum absolute atomic E-state index is 0.118. The molecule has 1 heterocycles. The number of imide groups is 1. The Morgan fingerprint density at radius 2 is 1.96 bits per heavy atom. The Hall–Kier alpha value is -2.12. The first-order chi connectivity index (χ1) is 11.8. The molecule has 2 atom stereocenters. The lowest BCUT2D eigenvalue weighted by molar-refractivity contribution is -0.143. The van der Waals surface area contributed by atoms with Gasteiger partial charge in [-0.3, -0.25) is 14.9 Å². The molecule has 0 saturated carbocycles. The van der Waals surface area contributed by atoms with E-state index in [1.54, 1.807) is 0 Å². The number of carbonyl (C=O) groups is 3. The van der Waals surface area contributed by atoms with Gasteiger partial charge in [-0.25, -0.2) is 4.79 Å². The highest BCUT2D eigenvalue weighted by molar-refractivity contribution is 6.27. The average Bonchev–Trinajstić information content (AvgIpc) is 2.57. The number of benzene rings is 1. The maximum absolute atomic E-state index is 12.4. The van der Waals surface area contributed by atoms with Crippen molar-refractivity contribution in [3.05, 3.63) is 35.9 Å². The van der Waals surface area contributed by atoms with Crippen LogP contribution < -0.4 is 11.1 Å². The molecule has 0 aromatic heterocycles. The molecule has 1 aliphatic rings. The molecule has 8 heteroatoms. The summed E-state index contributed by atoms with van der Waals surface area (Å²) in [5, 5.41) is 2.29. The number of hydrogen-bond donors (Lipinski definition) is 2. The molecule has 1 aromatic rings. The maximum atomic E-state index is 12.4. The van der Waals surface area contributed by atoms with Gasteiger partial charge in [0, 0.05) is 13.1 Å². The van der Waals surface area contributed by atoms with E-state index >= 15 is 0 Å². The zero-order valence-corrected chi connectivity index (χ0v) is 15.1. The number of amides is 4. The number of nitrogens with zero attached hydrogens (tertiary/aromatic N) is 2. The summed E-state index contributed by atoms with van der Waals surface area (Å²) in [6, 6.07) is 7.76. The van der Waals surface area contributed by atoms with Gasteiger partial charge < -0.3 is 15.5 Å². The summed E-state index contributed by atoms with van der Waals surface area (Å²) in [4.78, 5) is 39.6. The summed E-state index contributed by atoms with van der Waals surface area (Å²) in [7, 11) is 0. The van der Waals surface area contributed by atoms with Gasteiger partial charge in [0.25, 0.3) is 5.91 Å². The lowest BCUT2D eigenvalue weighted by atomic mass is 10.1. The second-order valence-corrected chi connectivity index (χ2v) is 6.68. The minimum Gasteiger partial charge on any atom is -0.326 e. The molecule has 7 nitrogen and oxygen atoms in total. The average molecular weight is 367 g/mol. The van der Waals surface area contributed by atoms with E-state index in [2.05, 4.69) is 5.32 Å². The van der Waals surface area contributed by atoms with E-state index in [0.717, 1.165) is 5.56 Å². The van der Waals surface area contributed by atoms with Crippen molar-refractivity contribution in [2.75, 3.05) is 12.4 Å². The lowest BCUT2D eigenvalue weighted by Gasteiger charge is -2.43. The molecule has 3 N–H and O–H groups in total. The molecular weight excluding hydrogens is 344 g/mol. The Balaban J connectivity index is 2.28. The van der Waals surface area contributed by atoms with Crippen molar-refractivity contribution in [3.63, 3.8) is 0 Å². The zero-order chi connectivity index (χ0) is 18.6. The van der Waals surface area contributed by atoms with Gasteiger partial charge in [-0.2, -0.15) is 0 Å². The van der Waals surface area contributed by atoms with Crippen LogP contribution in [0.5, 0.6) is 0 Å². The van der Waals surface area contributed by atoms with Crippen LogP contribution in [0.2, 0.25) is 0 Å². The third-order valence-electron chi connectivity index (χ3n) is 3.97. The van der Waals surface area contributed by atoms with Crippen molar-refractivity contribution in [2.45, 2.75) is 32.6 Å². The molecule has 136 valence electrons. The van der Waals surface area contributed by atoms with Crippen LogP contribution in [-0.4, -0.2) is 52.3 Å². The standard InChI is InChI=1S/C17H23ClN4O3/c1-11(2)9-21(13(23)8-18)14-15(19)22(17(25)20-16(14)24)10-12-6-4-3-5-7-12/h3-7,11,14-15H,8-10,19H2,1-2H3,(H,20,24,25). The van der Waals surface area contributed by atoms with E-state index in [1.165, 1.54) is 9.80 Å². The Labute approximate surface area is 152 Å². The number of nitrogens with one attached hydrogen (secondary N) is 1. The molecule has 1 aliphatic heterocycles. The first kappa shape index (κ1) is 19.2. The summed E-state index contributed by atoms with van der Waals surface area (Å²) in [6.45, 7) is 4.41. The van der Waals surface area contributed by atoms with E-state index < -0.39 is 24.1 Å². The highest BCUT2D eigenvalue weighted by Gasteiger charge is 2.44. The van der Waals surface area contributed by atoms with Gasteiger partial charge in [-0.1, -0.05) is 44.2 Å². The molecule has 0 aliphatic carbocycles. The molecule has 25 heavy (non-hydrogen) atoms. The number of nitrogens with two attached hydrogens (primary N) is 1. The quantitative estimate of drug-likeness (QED) is 0.737. The molecule has 0 bridgehead atoms. The third kappa shape index (κ3) is 4.49. The Bertz CT molecular complexity index is 638. The largest absolute Gasteiger partial charge is 0.326 e. The van der Waals surface area contributed by atoms with Crippen molar-refractivity contribution in [1.29, 1.82) is 0 Å². The second-order valence-electron chi connectivity index (χ2n) is 6.42. The lowest BCUT2D eigenvalue weighted by Crippen LogP contribution is -2.71. The SMILES string of the molecule is CC(C)CN(C(=O)CCl)C1C(=O)NC(=O)N(Cc2ccccc2)C1N. The van der Waals surface area contributed by atoms with Crippen LogP contribution in [0.15, 0.2) is 30.3 Å². The van der Waals surface area contributed by atoms with Crippen molar-refractivity contribution in [3.8, 4) is 0 Å². The molecule has 1 aromatic carbocycles. The topological polar surface area (TPSA) is 95.7 Å². The van der Waals surface area contributed by atoms with Crippen molar-refractivity contribution >= 4 is 29.4 Å². The highest BCUT2D eigenvalue weighted by Crippen LogP contribution is 2.18.